The number of anilines is 1. The molecule has 1 aromatic heterocycles. The van der Waals surface area contributed by atoms with Gasteiger partial charge < -0.3 is 0 Å². The van der Waals surface area contributed by atoms with Crippen LogP contribution in [0.2, 0.25) is 5.02 Å². The molecule has 2 aliphatic heterocycles. The number of alkyl halides is 3. The molecule has 0 spiro atoms. The van der Waals surface area contributed by atoms with Gasteiger partial charge in [0.05, 0.1) is 22.5 Å². The Hall–Kier alpha value is -2.69. The van der Waals surface area contributed by atoms with Crippen molar-refractivity contribution >= 4 is 29.2 Å². The van der Waals surface area contributed by atoms with Gasteiger partial charge in [0, 0.05) is 20.3 Å². The normalized spacial score (nSPS) is 24.5. The average Bonchev–Trinajstić information content (AvgIpc) is 3.15. The lowest BCUT2D eigenvalue weighted by Crippen LogP contribution is -2.47. The highest BCUT2D eigenvalue weighted by atomic mass is 35.5. The molecule has 2 aromatic rings. The van der Waals surface area contributed by atoms with Crippen molar-refractivity contribution < 1.29 is 27.6 Å². The third kappa shape index (κ3) is 3.21. The molecule has 0 bridgehead atoms. The SMILES string of the molecule is CN1O[C@@H]2C(=O)N(N(C)c3ncc(C(F)(F)F)cc3Cl)C(=O)[C@H]2[C@@H]1c1ccccc1. The monoisotopic (exact) mass is 440 g/mol. The minimum absolute atomic E-state index is 0.157. The van der Waals surface area contributed by atoms with E-state index in [0.29, 0.717) is 12.3 Å². The first-order chi connectivity index (χ1) is 14.1. The average molecular weight is 441 g/mol. The number of rotatable bonds is 3. The number of hydrogen-bond donors (Lipinski definition) is 0. The van der Waals surface area contributed by atoms with Gasteiger partial charge in [-0.15, -0.1) is 0 Å². The number of benzene rings is 1. The standard InChI is InChI=1S/C19H16ClF3N4O3/c1-25(16-12(20)8-11(9-24-16)19(21,22)23)27-17(28)13-14(10-6-4-3-5-7-10)26(2)30-15(13)18(27)29/h3-9,13-15H,1-2H3/t13-,14-,15-/m0/s1. The van der Waals surface area contributed by atoms with Crippen molar-refractivity contribution in [1.29, 1.82) is 0 Å². The van der Waals surface area contributed by atoms with E-state index in [2.05, 4.69) is 4.98 Å². The van der Waals surface area contributed by atoms with Crippen LogP contribution in [-0.4, -0.2) is 47.1 Å². The minimum atomic E-state index is -4.62. The second kappa shape index (κ2) is 7.22. The van der Waals surface area contributed by atoms with Gasteiger partial charge in [-0.3, -0.25) is 19.4 Å². The van der Waals surface area contributed by atoms with E-state index in [0.717, 1.165) is 15.6 Å². The largest absolute Gasteiger partial charge is 0.417 e. The van der Waals surface area contributed by atoms with Crippen LogP contribution in [0.3, 0.4) is 0 Å². The van der Waals surface area contributed by atoms with Crippen LogP contribution in [-0.2, 0) is 20.6 Å². The van der Waals surface area contributed by atoms with Gasteiger partial charge in [0.25, 0.3) is 11.8 Å². The minimum Gasteiger partial charge on any atom is -0.284 e. The van der Waals surface area contributed by atoms with Gasteiger partial charge in [-0.2, -0.15) is 23.2 Å². The number of carbonyl (C=O) groups is 2. The molecule has 2 fully saturated rings. The highest BCUT2D eigenvalue weighted by Gasteiger charge is 2.60. The Bertz CT molecular complexity index is 1000. The number of hydrazine groups is 1. The smallest absolute Gasteiger partial charge is 0.284 e. The maximum Gasteiger partial charge on any atom is 0.417 e. The lowest BCUT2D eigenvalue weighted by molar-refractivity contribution is -0.170. The second-order valence-electron chi connectivity index (χ2n) is 6.99. The summed E-state index contributed by atoms with van der Waals surface area (Å²) >= 11 is 5.98. The summed E-state index contributed by atoms with van der Waals surface area (Å²) in [5.74, 6) is -2.17. The highest BCUT2D eigenvalue weighted by Crippen LogP contribution is 2.44. The molecule has 7 nitrogen and oxygen atoms in total. The Kier molecular flexibility index (Phi) is 4.95. The lowest BCUT2D eigenvalue weighted by Gasteiger charge is -2.30. The Labute approximate surface area is 174 Å². The molecular formula is C19H16ClF3N4O3. The molecule has 3 atom stereocenters. The molecule has 0 N–H and O–H groups in total. The van der Waals surface area contributed by atoms with Crippen LogP contribution in [0, 0.1) is 5.92 Å². The molecule has 0 radical (unpaired) electrons. The summed E-state index contributed by atoms with van der Waals surface area (Å²) in [5.41, 5.74) is -0.237. The van der Waals surface area contributed by atoms with Gasteiger partial charge in [0.2, 0.25) is 0 Å². The van der Waals surface area contributed by atoms with Gasteiger partial charge in [0.1, 0.15) is 0 Å². The van der Waals surface area contributed by atoms with Crippen molar-refractivity contribution in [2.24, 2.45) is 5.92 Å². The zero-order valence-electron chi connectivity index (χ0n) is 15.8. The molecule has 30 heavy (non-hydrogen) atoms. The summed E-state index contributed by atoms with van der Waals surface area (Å²) in [7, 11) is 2.97. The quantitative estimate of drug-likeness (QED) is 0.683. The third-order valence-electron chi connectivity index (χ3n) is 5.18. The summed E-state index contributed by atoms with van der Waals surface area (Å²) < 4.78 is 38.6. The number of imide groups is 1. The van der Waals surface area contributed by atoms with E-state index in [1.807, 2.05) is 30.3 Å². The molecular weight excluding hydrogens is 425 g/mol. The molecule has 2 saturated heterocycles. The number of fused-ring (bicyclic) bond motifs is 1. The van der Waals surface area contributed by atoms with Crippen molar-refractivity contribution in [2.75, 3.05) is 19.1 Å². The Morgan fingerprint density at radius 1 is 1.17 bits per heavy atom. The number of aromatic nitrogens is 1. The Balaban J connectivity index is 1.66. The molecule has 0 unspecified atom stereocenters. The van der Waals surface area contributed by atoms with Crippen LogP contribution in [0.15, 0.2) is 42.6 Å². The van der Waals surface area contributed by atoms with Crippen LogP contribution in [0.25, 0.3) is 0 Å². The molecule has 1 aromatic carbocycles. The zero-order valence-corrected chi connectivity index (χ0v) is 16.6. The number of hydroxylamine groups is 2. The van der Waals surface area contributed by atoms with E-state index < -0.39 is 41.6 Å². The van der Waals surface area contributed by atoms with Gasteiger partial charge in [-0.25, -0.2) is 4.98 Å². The van der Waals surface area contributed by atoms with E-state index in [1.54, 1.807) is 7.05 Å². The fraction of sp³-hybridized carbons (Fsp3) is 0.316. The predicted molar refractivity (Wildman–Crippen MR) is 99.8 cm³/mol. The van der Waals surface area contributed by atoms with E-state index in [-0.39, 0.29) is 10.8 Å². The zero-order chi connectivity index (χ0) is 21.8. The summed E-state index contributed by atoms with van der Waals surface area (Å²) in [4.78, 5) is 35.5. The molecule has 0 saturated carbocycles. The third-order valence-corrected chi connectivity index (χ3v) is 5.46. The number of carbonyl (C=O) groups excluding carboxylic acids is 2. The predicted octanol–water partition coefficient (Wildman–Crippen LogP) is 3.08. The first-order valence-electron chi connectivity index (χ1n) is 8.90. The van der Waals surface area contributed by atoms with Crippen molar-refractivity contribution in [3.8, 4) is 0 Å². The van der Waals surface area contributed by atoms with E-state index in [1.165, 1.54) is 12.1 Å². The van der Waals surface area contributed by atoms with Crippen molar-refractivity contribution in [1.82, 2.24) is 15.1 Å². The number of pyridine rings is 1. The van der Waals surface area contributed by atoms with E-state index in [4.69, 9.17) is 16.4 Å². The highest BCUT2D eigenvalue weighted by molar-refractivity contribution is 6.33. The van der Waals surface area contributed by atoms with Gasteiger partial charge in [-0.05, 0) is 11.6 Å². The summed E-state index contributed by atoms with van der Waals surface area (Å²) in [5, 5.41) is 3.00. The molecule has 4 rings (SSSR count). The second-order valence-corrected chi connectivity index (χ2v) is 7.40. The molecule has 2 amide bonds. The van der Waals surface area contributed by atoms with Crippen molar-refractivity contribution in [3.05, 3.63) is 58.7 Å². The first-order valence-corrected chi connectivity index (χ1v) is 9.28. The summed E-state index contributed by atoms with van der Waals surface area (Å²) in [6, 6.07) is 9.31. The first kappa shape index (κ1) is 20.6. The van der Waals surface area contributed by atoms with Crippen LogP contribution >= 0.6 is 11.6 Å². The van der Waals surface area contributed by atoms with E-state index in [9.17, 15) is 22.8 Å². The van der Waals surface area contributed by atoms with Crippen LogP contribution < -0.4 is 5.01 Å². The fourth-order valence-corrected chi connectivity index (χ4v) is 4.11. The topological polar surface area (TPSA) is 66.0 Å². The fourth-order valence-electron chi connectivity index (χ4n) is 3.82. The Morgan fingerprint density at radius 3 is 2.43 bits per heavy atom. The van der Waals surface area contributed by atoms with E-state index >= 15 is 0 Å². The number of hydrogen-bond acceptors (Lipinski definition) is 6. The lowest BCUT2D eigenvalue weighted by atomic mass is 9.91. The number of amides is 2. The van der Waals surface area contributed by atoms with Crippen molar-refractivity contribution in [2.45, 2.75) is 18.3 Å². The molecule has 3 heterocycles. The number of nitrogens with zero attached hydrogens (tertiary/aromatic N) is 4. The van der Waals surface area contributed by atoms with Gasteiger partial charge >= 0.3 is 6.18 Å². The molecule has 0 aliphatic carbocycles. The maximum absolute atomic E-state index is 13.2. The van der Waals surface area contributed by atoms with Gasteiger partial charge in [0.15, 0.2) is 11.9 Å². The summed E-state index contributed by atoms with van der Waals surface area (Å²) in [6.45, 7) is 0. The summed E-state index contributed by atoms with van der Waals surface area (Å²) in [6.07, 6.45) is -5.07. The van der Waals surface area contributed by atoms with Crippen LogP contribution in [0.5, 0.6) is 0 Å². The number of halogens is 4. The molecule has 158 valence electrons. The maximum atomic E-state index is 13.2. The van der Waals surface area contributed by atoms with Crippen molar-refractivity contribution in [3.63, 3.8) is 0 Å². The molecule has 2 aliphatic rings. The van der Waals surface area contributed by atoms with Crippen LogP contribution in [0.1, 0.15) is 17.2 Å². The van der Waals surface area contributed by atoms with Crippen LogP contribution in [0.4, 0.5) is 19.0 Å². The Morgan fingerprint density at radius 2 is 1.83 bits per heavy atom. The van der Waals surface area contributed by atoms with Gasteiger partial charge in [-0.1, -0.05) is 41.9 Å². The molecule has 11 heteroatoms.